The summed E-state index contributed by atoms with van der Waals surface area (Å²) in [4.78, 5) is 23.8. The summed E-state index contributed by atoms with van der Waals surface area (Å²) in [5, 5.41) is 11.6. The van der Waals surface area contributed by atoms with Crippen LogP contribution in [0.3, 0.4) is 0 Å². The third kappa shape index (κ3) is 2.93. The van der Waals surface area contributed by atoms with Crippen molar-refractivity contribution in [2.75, 3.05) is 7.11 Å². The van der Waals surface area contributed by atoms with Crippen LogP contribution in [0, 0.1) is 6.92 Å². The number of rotatable bonds is 5. The molecule has 5 heteroatoms. The number of carboxylic acids is 1. The van der Waals surface area contributed by atoms with E-state index in [1.54, 1.807) is 7.11 Å². The van der Waals surface area contributed by atoms with Crippen molar-refractivity contribution in [3.8, 4) is 5.75 Å². The number of aliphatic carboxylic acids is 1. The number of methoxy groups -OCH3 is 1. The number of carbonyl (C=O) groups is 2. The van der Waals surface area contributed by atoms with E-state index in [4.69, 9.17) is 9.84 Å². The van der Waals surface area contributed by atoms with Crippen LogP contribution in [0.1, 0.15) is 43.7 Å². The van der Waals surface area contributed by atoms with Crippen LogP contribution >= 0.6 is 0 Å². The third-order valence-electron chi connectivity index (χ3n) is 4.57. The molecule has 2 N–H and O–H groups in total. The first-order valence-corrected chi connectivity index (χ1v) is 7.59. The molecule has 1 aromatic carbocycles. The number of hydrogen-bond donors (Lipinski definition) is 2. The predicted octanol–water partition coefficient (Wildman–Crippen LogP) is 2.40. The van der Waals surface area contributed by atoms with Gasteiger partial charge in [0.1, 0.15) is 11.8 Å². The van der Waals surface area contributed by atoms with Crippen molar-refractivity contribution in [2.24, 2.45) is 0 Å². The SMILES string of the molecule is COc1cc(C2(C(=O)NC(C)C(=O)O)CCCC2)ccc1C. The summed E-state index contributed by atoms with van der Waals surface area (Å²) in [5.41, 5.74) is 1.27. The fraction of sp³-hybridized carbons (Fsp3) is 0.529. The Kier molecular flexibility index (Phi) is 4.74. The van der Waals surface area contributed by atoms with Gasteiger partial charge in [-0.25, -0.2) is 0 Å². The van der Waals surface area contributed by atoms with Gasteiger partial charge in [-0.2, -0.15) is 0 Å². The van der Waals surface area contributed by atoms with Crippen molar-refractivity contribution in [1.82, 2.24) is 5.32 Å². The summed E-state index contributed by atoms with van der Waals surface area (Å²) in [5.74, 6) is -0.475. The van der Waals surface area contributed by atoms with Crippen LogP contribution in [0.25, 0.3) is 0 Å². The van der Waals surface area contributed by atoms with E-state index in [1.165, 1.54) is 6.92 Å². The molecule has 5 nitrogen and oxygen atoms in total. The summed E-state index contributed by atoms with van der Waals surface area (Å²) >= 11 is 0. The molecule has 0 aliphatic heterocycles. The van der Waals surface area contributed by atoms with Gasteiger partial charge in [-0.1, -0.05) is 25.0 Å². The first kappa shape index (κ1) is 16.3. The Morgan fingerprint density at radius 2 is 1.95 bits per heavy atom. The highest BCUT2D eigenvalue weighted by molar-refractivity contribution is 5.91. The van der Waals surface area contributed by atoms with Gasteiger partial charge in [0.25, 0.3) is 0 Å². The quantitative estimate of drug-likeness (QED) is 0.876. The molecule has 1 unspecified atom stereocenters. The molecule has 0 aromatic heterocycles. The number of nitrogens with one attached hydrogen (secondary N) is 1. The van der Waals surface area contributed by atoms with Gasteiger partial charge >= 0.3 is 5.97 Å². The topological polar surface area (TPSA) is 75.6 Å². The Morgan fingerprint density at radius 1 is 1.32 bits per heavy atom. The van der Waals surface area contributed by atoms with Gasteiger partial charge in [0.15, 0.2) is 0 Å². The molecule has 1 fully saturated rings. The molecule has 1 aromatic rings. The first-order valence-electron chi connectivity index (χ1n) is 7.59. The fourth-order valence-electron chi connectivity index (χ4n) is 3.14. The summed E-state index contributed by atoms with van der Waals surface area (Å²) in [6, 6.07) is 4.92. The minimum absolute atomic E-state index is 0.203. The van der Waals surface area contributed by atoms with E-state index in [-0.39, 0.29) is 5.91 Å². The van der Waals surface area contributed by atoms with Crippen LogP contribution in [0.2, 0.25) is 0 Å². The zero-order valence-electron chi connectivity index (χ0n) is 13.3. The molecular formula is C17H23NO4. The lowest BCUT2D eigenvalue weighted by Crippen LogP contribution is -2.48. The molecule has 1 aliphatic carbocycles. The van der Waals surface area contributed by atoms with Crippen molar-refractivity contribution >= 4 is 11.9 Å². The van der Waals surface area contributed by atoms with Crippen molar-refractivity contribution in [2.45, 2.75) is 51.0 Å². The molecule has 22 heavy (non-hydrogen) atoms. The maximum absolute atomic E-state index is 12.8. The van der Waals surface area contributed by atoms with E-state index in [0.717, 1.165) is 42.6 Å². The molecule has 2 rings (SSSR count). The van der Waals surface area contributed by atoms with Gasteiger partial charge in [0.05, 0.1) is 12.5 Å². The minimum atomic E-state index is -1.03. The number of carboxylic acid groups (broad SMARTS) is 1. The van der Waals surface area contributed by atoms with Crippen molar-refractivity contribution in [3.05, 3.63) is 29.3 Å². The Morgan fingerprint density at radius 3 is 2.50 bits per heavy atom. The average Bonchev–Trinajstić information content (AvgIpc) is 2.98. The number of hydrogen-bond acceptors (Lipinski definition) is 3. The van der Waals surface area contributed by atoms with Gasteiger partial charge in [0.2, 0.25) is 5.91 Å². The van der Waals surface area contributed by atoms with Crippen LogP contribution in [-0.2, 0) is 15.0 Å². The molecule has 1 saturated carbocycles. The smallest absolute Gasteiger partial charge is 0.325 e. The van der Waals surface area contributed by atoms with Crippen molar-refractivity contribution in [3.63, 3.8) is 0 Å². The lowest BCUT2D eigenvalue weighted by molar-refractivity contribution is -0.142. The second-order valence-electron chi connectivity index (χ2n) is 6.01. The monoisotopic (exact) mass is 305 g/mol. The summed E-state index contributed by atoms with van der Waals surface area (Å²) < 4.78 is 5.36. The molecule has 0 bridgehead atoms. The van der Waals surface area contributed by atoms with E-state index in [2.05, 4.69) is 5.32 Å². The van der Waals surface area contributed by atoms with Crippen LogP contribution in [-0.4, -0.2) is 30.1 Å². The van der Waals surface area contributed by atoms with Crippen LogP contribution in [0.15, 0.2) is 18.2 Å². The Labute approximate surface area is 130 Å². The lowest BCUT2D eigenvalue weighted by atomic mass is 9.77. The van der Waals surface area contributed by atoms with E-state index in [0.29, 0.717) is 0 Å². The van der Waals surface area contributed by atoms with E-state index in [1.807, 2.05) is 25.1 Å². The molecule has 1 amide bonds. The predicted molar refractivity (Wildman–Crippen MR) is 83.1 cm³/mol. The normalized spacial score (nSPS) is 17.8. The number of benzene rings is 1. The van der Waals surface area contributed by atoms with Crippen LogP contribution in [0.5, 0.6) is 5.75 Å². The molecule has 120 valence electrons. The van der Waals surface area contributed by atoms with Gasteiger partial charge in [0, 0.05) is 0 Å². The number of amides is 1. The van der Waals surface area contributed by atoms with Gasteiger partial charge < -0.3 is 15.2 Å². The minimum Gasteiger partial charge on any atom is -0.496 e. The zero-order valence-corrected chi connectivity index (χ0v) is 13.3. The van der Waals surface area contributed by atoms with E-state index in [9.17, 15) is 9.59 Å². The average molecular weight is 305 g/mol. The van der Waals surface area contributed by atoms with Gasteiger partial charge in [-0.3, -0.25) is 9.59 Å². The highest BCUT2D eigenvalue weighted by atomic mass is 16.5. The summed E-state index contributed by atoms with van der Waals surface area (Å²) in [6.45, 7) is 3.44. The first-order chi connectivity index (χ1) is 10.4. The second-order valence-corrected chi connectivity index (χ2v) is 6.01. The van der Waals surface area contributed by atoms with E-state index < -0.39 is 17.4 Å². The van der Waals surface area contributed by atoms with Crippen molar-refractivity contribution in [1.29, 1.82) is 0 Å². The highest BCUT2D eigenvalue weighted by Crippen LogP contribution is 2.42. The lowest BCUT2D eigenvalue weighted by Gasteiger charge is -2.30. The number of aryl methyl sites for hydroxylation is 1. The zero-order chi connectivity index (χ0) is 16.3. The maximum atomic E-state index is 12.8. The number of carbonyl (C=O) groups excluding carboxylic acids is 1. The fourth-order valence-corrected chi connectivity index (χ4v) is 3.14. The Balaban J connectivity index is 2.36. The van der Waals surface area contributed by atoms with Crippen LogP contribution < -0.4 is 10.1 Å². The van der Waals surface area contributed by atoms with Gasteiger partial charge in [-0.15, -0.1) is 0 Å². The molecule has 0 heterocycles. The van der Waals surface area contributed by atoms with Crippen LogP contribution in [0.4, 0.5) is 0 Å². The molecule has 0 spiro atoms. The molecular weight excluding hydrogens is 282 g/mol. The molecule has 0 radical (unpaired) electrons. The maximum Gasteiger partial charge on any atom is 0.325 e. The third-order valence-corrected chi connectivity index (χ3v) is 4.57. The van der Waals surface area contributed by atoms with Crippen molar-refractivity contribution < 1.29 is 19.4 Å². The molecule has 0 saturated heterocycles. The second kappa shape index (κ2) is 6.38. The standard InChI is InChI=1S/C17H23NO4/c1-11-6-7-13(10-14(11)22-3)17(8-4-5-9-17)16(21)18-12(2)15(19)20/h6-7,10,12H,4-5,8-9H2,1-3H3,(H,18,21)(H,19,20). The summed E-state index contributed by atoms with van der Waals surface area (Å²) in [7, 11) is 1.61. The highest BCUT2D eigenvalue weighted by Gasteiger charge is 2.43. The molecule has 1 atom stereocenters. The Bertz CT molecular complexity index is 576. The van der Waals surface area contributed by atoms with E-state index >= 15 is 0 Å². The largest absolute Gasteiger partial charge is 0.496 e. The van der Waals surface area contributed by atoms with Gasteiger partial charge in [-0.05, 0) is 43.9 Å². The summed E-state index contributed by atoms with van der Waals surface area (Å²) in [6.07, 6.45) is 3.39. The Hall–Kier alpha value is -2.04. The number of ether oxygens (including phenoxy) is 1. The molecule has 1 aliphatic rings.